The summed E-state index contributed by atoms with van der Waals surface area (Å²) in [5.41, 5.74) is 0.248. The Morgan fingerprint density at radius 1 is 1.56 bits per heavy atom. The molecule has 6 heteroatoms. The van der Waals surface area contributed by atoms with Crippen LogP contribution in [-0.4, -0.2) is 21.0 Å². The highest BCUT2D eigenvalue weighted by molar-refractivity contribution is 7.13. The van der Waals surface area contributed by atoms with Crippen molar-refractivity contribution in [2.45, 2.75) is 6.92 Å². The third-order valence-corrected chi connectivity index (χ3v) is 3.06. The smallest absolute Gasteiger partial charge is 0.354 e. The highest BCUT2D eigenvalue weighted by Crippen LogP contribution is 2.25. The summed E-state index contributed by atoms with van der Waals surface area (Å²) in [4.78, 5) is 29.2. The Morgan fingerprint density at radius 2 is 2.31 bits per heavy atom. The van der Waals surface area contributed by atoms with Gasteiger partial charge in [-0.05, 0) is 23.9 Å². The molecule has 0 bridgehead atoms. The van der Waals surface area contributed by atoms with Crippen LogP contribution in [0.15, 0.2) is 22.3 Å². The Hall–Kier alpha value is -1.95. The van der Waals surface area contributed by atoms with Crippen LogP contribution in [0.4, 0.5) is 0 Å². The molecule has 16 heavy (non-hydrogen) atoms. The minimum Gasteiger partial charge on any atom is -0.477 e. The topological polar surface area (TPSA) is 83.0 Å². The number of nitrogens with zero attached hydrogens (tertiary/aromatic N) is 1. The van der Waals surface area contributed by atoms with Crippen molar-refractivity contribution in [3.63, 3.8) is 0 Å². The van der Waals surface area contributed by atoms with Crippen LogP contribution in [-0.2, 0) is 0 Å². The molecule has 0 aromatic carbocycles. The van der Waals surface area contributed by atoms with E-state index in [4.69, 9.17) is 5.11 Å². The number of aromatic carboxylic acids is 1. The standard InChI is InChI=1S/C10H8N2O3S/c1-5-2-3-16-8(5)9-11-6(10(14)15)4-7(13)12-9/h2-4H,1H3,(H,14,15)(H,11,12,13). The lowest BCUT2D eigenvalue weighted by Gasteiger charge is -2.00. The molecule has 0 fully saturated rings. The highest BCUT2D eigenvalue weighted by atomic mass is 32.1. The van der Waals surface area contributed by atoms with Gasteiger partial charge in [-0.3, -0.25) is 4.79 Å². The second-order valence-corrected chi connectivity index (χ2v) is 4.13. The predicted molar refractivity (Wildman–Crippen MR) is 59.9 cm³/mol. The first-order chi connectivity index (χ1) is 7.58. The van der Waals surface area contributed by atoms with Gasteiger partial charge >= 0.3 is 5.97 Å². The van der Waals surface area contributed by atoms with Crippen molar-refractivity contribution in [2.24, 2.45) is 0 Å². The van der Waals surface area contributed by atoms with Gasteiger partial charge in [-0.15, -0.1) is 11.3 Å². The zero-order valence-corrected chi connectivity index (χ0v) is 9.17. The van der Waals surface area contributed by atoms with Crippen LogP contribution >= 0.6 is 11.3 Å². The number of rotatable bonds is 2. The van der Waals surface area contributed by atoms with Crippen molar-refractivity contribution in [1.82, 2.24) is 9.97 Å². The first-order valence-electron chi connectivity index (χ1n) is 4.47. The lowest BCUT2D eigenvalue weighted by atomic mass is 10.3. The molecule has 2 N–H and O–H groups in total. The van der Waals surface area contributed by atoms with Gasteiger partial charge in [0.2, 0.25) is 0 Å². The predicted octanol–water partition coefficient (Wildman–Crippen LogP) is 1.51. The number of nitrogens with one attached hydrogen (secondary N) is 1. The second kappa shape index (κ2) is 3.90. The molecule has 0 aliphatic heterocycles. The molecule has 5 nitrogen and oxygen atoms in total. The van der Waals surface area contributed by atoms with E-state index in [0.717, 1.165) is 16.5 Å². The Labute approximate surface area is 94.4 Å². The fourth-order valence-corrected chi connectivity index (χ4v) is 2.16. The van der Waals surface area contributed by atoms with E-state index in [-0.39, 0.29) is 5.69 Å². The van der Waals surface area contributed by atoms with E-state index in [1.165, 1.54) is 11.3 Å². The van der Waals surface area contributed by atoms with Crippen molar-refractivity contribution in [2.75, 3.05) is 0 Å². The van der Waals surface area contributed by atoms with Crippen molar-refractivity contribution in [3.05, 3.63) is 39.1 Å². The SMILES string of the molecule is Cc1ccsc1-c1nc(C(=O)O)cc(=O)[nH]1. The van der Waals surface area contributed by atoms with E-state index in [2.05, 4.69) is 9.97 Å². The summed E-state index contributed by atoms with van der Waals surface area (Å²) < 4.78 is 0. The maximum Gasteiger partial charge on any atom is 0.354 e. The van der Waals surface area contributed by atoms with Gasteiger partial charge in [0.25, 0.3) is 5.56 Å². The molecule has 82 valence electrons. The largest absolute Gasteiger partial charge is 0.477 e. The Kier molecular flexibility index (Phi) is 2.57. The number of aryl methyl sites for hydroxylation is 1. The first kappa shape index (κ1) is 10.6. The van der Waals surface area contributed by atoms with Gasteiger partial charge in [0, 0.05) is 6.07 Å². The Balaban J connectivity index is 2.63. The van der Waals surface area contributed by atoms with Gasteiger partial charge in [0.05, 0.1) is 4.88 Å². The van der Waals surface area contributed by atoms with E-state index < -0.39 is 11.5 Å². The van der Waals surface area contributed by atoms with Crippen LogP contribution in [0.25, 0.3) is 10.7 Å². The summed E-state index contributed by atoms with van der Waals surface area (Å²) in [5.74, 6) is -0.904. The maximum absolute atomic E-state index is 11.3. The molecule has 0 spiro atoms. The molecule has 2 aromatic rings. The molecule has 0 aliphatic rings. The number of aromatic nitrogens is 2. The Morgan fingerprint density at radius 3 is 2.88 bits per heavy atom. The van der Waals surface area contributed by atoms with Gasteiger partial charge in [-0.25, -0.2) is 9.78 Å². The second-order valence-electron chi connectivity index (χ2n) is 3.22. The monoisotopic (exact) mass is 236 g/mol. The molecule has 0 radical (unpaired) electrons. The number of carbonyl (C=O) groups is 1. The number of H-pyrrole nitrogens is 1. The molecular formula is C10H8N2O3S. The molecule has 0 atom stereocenters. The van der Waals surface area contributed by atoms with E-state index in [1.54, 1.807) is 0 Å². The average Bonchev–Trinajstić information content (AvgIpc) is 2.63. The lowest BCUT2D eigenvalue weighted by molar-refractivity contribution is 0.0690. The van der Waals surface area contributed by atoms with Crippen LogP contribution in [0, 0.1) is 6.92 Å². The summed E-state index contributed by atoms with van der Waals surface area (Å²) in [7, 11) is 0. The van der Waals surface area contributed by atoms with Crippen LogP contribution < -0.4 is 5.56 Å². The maximum atomic E-state index is 11.3. The van der Waals surface area contributed by atoms with Crippen LogP contribution in [0.1, 0.15) is 16.1 Å². The van der Waals surface area contributed by atoms with E-state index in [1.807, 2.05) is 18.4 Å². The van der Waals surface area contributed by atoms with Crippen molar-refractivity contribution >= 4 is 17.3 Å². The first-order valence-corrected chi connectivity index (χ1v) is 5.35. The Bertz CT molecular complexity index is 600. The number of hydrogen-bond donors (Lipinski definition) is 2. The molecule has 0 saturated carbocycles. The molecule has 0 unspecified atom stereocenters. The quantitative estimate of drug-likeness (QED) is 0.827. The zero-order valence-electron chi connectivity index (χ0n) is 8.35. The van der Waals surface area contributed by atoms with Crippen molar-refractivity contribution in [3.8, 4) is 10.7 Å². The third kappa shape index (κ3) is 1.87. The van der Waals surface area contributed by atoms with Crippen LogP contribution in [0.5, 0.6) is 0 Å². The number of thiophene rings is 1. The fraction of sp³-hybridized carbons (Fsp3) is 0.100. The summed E-state index contributed by atoms with van der Waals surface area (Å²) >= 11 is 1.41. The number of aromatic amines is 1. The van der Waals surface area contributed by atoms with Crippen LogP contribution in [0.3, 0.4) is 0 Å². The van der Waals surface area contributed by atoms with Gasteiger partial charge in [-0.1, -0.05) is 0 Å². The fourth-order valence-electron chi connectivity index (χ4n) is 1.29. The average molecular weight is 236 g/mol. The van der Waals surface area contributed by atoms with E-state index in [9.17, 15) is 9.59 Å². The normalized spacial score (nSPS) is 10.3. The summed E-state index contributed by atoms with van der Waals surface area (Å²) in [5, 5.41) is 10.6. The molecular weight excluding hydrogens is 228 g/mol. The third-order valence-electron chi connectivity index (χ3n) is 2.04. The molecule has 2 heterocycles. The molecule has 0 amide bonds. The van der Waals surface area contributed by atoms with Gasteiger partial charge < -0.3 is 10.1 Å². The molecule has 0 aliphatic carbocycles. The molecule has 2 aromatic heterocycles. The van der Waals surface area contributed by atoms with E-state index in [0.29, 0.717) is 5.82 Å². The number of carboxylic acids is 1. The van der Waals surface area contributed by atoms with Crippen LogP contribution in [0.2, 0.25) is 0 Å². The van der Waals surface area contributed by atoms with E-state index >= 15 is 0 Å². The summed E-state index contributed by atoms with van der Waals surface area (Å²) in [6, 6.07) is 2.85. The number of hydrogen-bond acceptors (Lipinski definition) is 4. The minimum atomic E-state index is -1.21. The van der Waals surface area contributed by atoms with Gasteiger partial charge in [-0.2, -0.15) is 0 Å². The molecule has 0 saturated heterocycles. The van der Waals surface area contributed by atoms with Gasteiger partial charge in [0.1, 0.15) is 0 Å². The highest BCUT2D eigenvalue weighted by Gasteiger charge is 2.11. The van der Waals surface area contributed by atoms with Crippen molar-refractivity contribution in [1.29, 1.82) is 0 Å². The summed E-state index contributed by atoms with van der Waals surface area (Å²) in [6.07, 6.45) is 0. The van der Waals surface area contributed by atoms with Gasteiger partial charge in [0.15, 0.2) is 11.5 Å². The zero-order chi connectivity index (χ0) is 11.7. The molecule has 2 rings (SSSR count). The van der Waals surface area contributed by atoms with Crippen molar-refractivity contribution < 1.29 is 9.90 Å². The minimum absolute atomic E-state index is 0.244. The lowest BCUT2D eigenvalue weighted by Crippen LogP contribution is -2.13. The number of carboxylic acid groups (broad SMARTS) is 1. The summed E-state index contributed by atoms with van der Waals surface area (Å²) in [6.45, 7) is 1.87.